The predicted octanol–water partition coefficient (Wildman–Crippen LogP) is 4.95. The highest BCUT2D eigenvalue weighted by atomic mass is 19.1. The first-order valence-electron chi connectivity index (χ1n) is 8.47. The Kier molecular flexibility index (Phi) is 3.55. The zero-order valence-electron chi connectivity index (χ0n) is 15.1. The van der Waals surface area contributed by atoms with E-state index in [9.17, 15) is 9.18 Å². The van der Waals surface area contributed by atoms with Crippen LogP contribution < -0.4 is 4.74 Å². The second-order valence-electron chi connectivity index (χ2n) is 7.12. The minimum Gasteiger partial charge on any atom is -0.497 e. The van der Waals surface area contributed by atoms with Crippen LogP contribution in [0.4, 0.5) is 4.39 Å². The van der Waals surface area contributed by atoms with Crippen molar-refractivity contribution in [3.05, 3.63) is 70.0 Å². The Morgan fingerprint density at radius 2 is 1.85 bits per heavy atom. The first kappa shape index (κ1) is 16.6. The number of fused-ring (bicyclic) bond motifs is 4. The fourth-order valence-corrected chi connectivity index (χ4v) is 3.97. The maximum atomic E-state index is 13.9. The van der Waals surface area contributed by atoms with Crippen LogP contribution in [0.3, 0.4) is 0 Å². The molecule has 4 heteroatoms. The number of rotatable bonds is 2. The second-order valence-corrected chi connectivity index (χ2v) is 7.12. The van der Waals surface area contributed by atoms with Crippen LogP contribution in [0, 0.1) is 5.82 Å². The van der Waals surface area contributed by atoms with Gasteiger partial charge in [0.1, 0.15) is 17.3 Å². The van der Waals surface area contributed by atoms with Crippen LogP contribution in [0.25, 0.3) is 17.4 Å². The van der Waals surface area contributed by atoms with Crippen molar-refractivity contribution in [3.8, 4) is 5.75 Å². The molecule has 132 valence electrons. The first-order chi connectivity index (χ1) is 12.3. The van der Waals surface area contributed by atoms with Crippen molar-refractivity contribution in [2.24, 2.45) is 0 Å². The highest BCUT2D eigenvalue weighted by Gasteiger charge is 2.42. The van der Waals surface area contributed by atoms with Gasteiger partial charge in [0.2, 0.25) is 0 Å². The summed E-state index contributed by atoms with van der Waals surface area (Å²) < 4.78 is 24.9. The van der Waals surface area contributed by atoms with Crippen molar-refractivity contribution < 1.29 is 18.7 Å². The third-order valence-electron chi connectivity index (χ3n) is 5.12. The van der Waals surface area contributed by atoms with E-state index >= 15 is 0 Å². The molecule has 0 aromatic heterocycles. The Bertz CT molecular complexity index is 1010. The van der Waals surface area contributed by atoms with E-state index in [0.717, 1.165) is 39.1 Å². The molecule has 0 N–H and O–H groups in total. The Morgan fingerprint density at radius 1 is 1.08 bits per heavy atom. The largest absolute Gasteiger partial charge is 0.497 e. The maximum absolute atomic E-state index is 13.9. The van der Waals surface area contributed by atoms with E-state index in [0.29, 0.717) is 5.76 Å². The first-order valence-corrected chi connectivity index (χ1v) is 8.47. The summed E-state index contributed by atoms with van der Waals surface area (Å²) in [4.78, 5) is 11.7. The van der Waals surface area contributed by atoms with E-state index < -0.39 is 11.4 Å². The van der Waals surface area contributed by atoms with Crippen LogP contribution in [0.5, 0.6) is 5.75 Å². The zero-order chi connectivity index (χ0) is 18.6. The maximum Gasteiger partial charge on any atom is 0.308 e. The SMILES string of the molecule is COc1ccc2c(c1)C(C)(C)C1=C(OC(C)=O)c3ccc(F)cc3C1=C2. The molecule has 0 amide bonds. The molecule has 0 saturated heterocycles. The van der Waals surface area contributed by atoms with E-state index in [1.165, 1.54) is 19.1 Å². The predicted molar refractivity (Wildman–Crippen MR) is 99.0 cm³/mol. The number of carbonyl (C=O) groups is 1. The number of halogens is 1. The lowest BCUT2D eigenvalue weighted by molar-refractivity contribution is -0.134. The molecule has 0 bridgehead atoms. The third-order valence-corrected chi connectivity index (χ3v) is 5.12. The number of hydrogen-bond acceptors (Lipinski definition) is 3. The average molecular weight is 350 g/mol. The average Bonchev–Trinajstić information content (AvgIpc) is 2.88. The Labute approximate surface area is 151 Å². The standard InChI is InChI=1S/C22H19FO3/c1-12(24)26-21-16-8-6-14(23)10-17(16)18-9-13-5-7-15(25-4)11-19(13)22(2,3)20(18)21/h5-11H,1-4H3. The molecule has 0 radical (unpaired) electrons. The molecule has 2 aromatic carbocycles. The smallest absolute Gasteiger partial charge is 0.308 e. The van der Waals surface area contributed by atoms with Gasteiger partial charge >= 0.3 is 5.97 Å². The fraction of sp³-hybridized carbons (Fsp3) is 0.227. The van der Waals surface area contributed by atoms with Gasteiger partial charge < -0.3 is 9.47 Å². The summed E-state index contributed by atoms with van der Waals surface area (Å²) in [6.07, 6.45) is 2.03. The molecule has 26 heavy (non-hydrogen) atoms. The molecule has 0 aliphatic heterocycles. The zero-order valence-corrected chi connectivity index (χ0v) is 15.1. The van der Waals surface area contributed by atoms with Crippen LogP contribution >= 0.6 is 0 Å². The summed E-state index contributed by atoms with van der Waals surface area (Å²) >= 11 is 0. The van der Waals surface area contributed by atoms with Crippen molar-refractivity contribution in [2.75, 3.05) is 7.11 Å². The van der Waals surface area contributed by atoms with Crippen LogP contribution in [0.15, 0.2) is 42.0 Å². The molecular weight excluding hydrogens is 331 g/mol. The minimum absolute atomic E-state index is 0.314. The Hall–Kier alpha value is -2.88. The lowest BCUT2D eigenvalue weighted by Gasteiger charge is -2.34. The van der Waals surface area contributed by atoms with Crippen molar-refractivity contribution in [3.63, 3.8) is 0 Å². The normalized spacial score (nSPS) is 16.4. The molecular formula is C22H19FO3. The van der Waals surface area contributed by atoms with Gasteiger partial charge in [-0.05, 0) is 58.7 Å². The molecule has 0 saturated carbocycles. The number of hydrogen-bond donors (Lipinski definition) is 0. The highest BCUT2D eigenvalue weighted by Crippen LogP contribution is 2.55. The van der Waals surface area contributed by atoms with Gasteiger partial charge in [-0.2, -0.15) is 0 Å². The lowest BCUT2D eigenvalue weighted by atomic mass is 9.69. The molecule has 2 aliphatic rings. The number of benzene rings is 2. The van der Waals surface area contributed by atoms with Gasteiger partial charge in [-0.1, -0.05) is 19.9 Å². The van der Waals surface area contributed by atoms with Gasteiger partial charge in [0, 0.05) is 23.5 Å². The van der Waals surface area contributed by atoms with E-state index in [4.69, 9.17) is 9.47 Å². The monoisotopic (exact) mass is 350 g/mol. The Morgan fingerprint density at radius 3 is 2.54 bits per heavy atom. The summed E-state index contributed by atoms with van der Waals surface area (Å²) in [6, 6.07) is 10.5. The molecule has 3 nitrogen and oxygen atoms in total. The molecule has 0 spiro atoms. The molecule has 0 atom stereocenters. The molecule has 0 unspecified atom stereocenters. The molecule has 0 heterocycles. The van der Waals surface area contributed by atoms with Gasteiger partial charge in [0.25, 0.3) is 0 Å². The summed E-state index contributed by atoms with van der Waals surface area (Å²) in [7, 11) is 1.64. The van der Waals surface area contributed by atoms with E-state index in [1.807, 2.05) is 24.3 Å². The number of ether oxygens (including phenoxy) is 2. The van der Waals surface area contributed by atoms with E-state index in [-0.39, 0.29) is 5.82 Å². The lowest BCUT2D eigenvalue weighted by Crippen LogP contribution is -2.25. The summed E-state index contributed by atoms with van der Waals surface area (Å²) in [5, 5.41) is 0. The summed E-state index contributed by atoms with van der Waals surface area (Å²) in [6.45, 7) is 5.55. The second kappa shape index (κ2) is 5.56. The molecule has 2 aromatic rings. The van der Waals surface area contributed by atoms with E-state index in [2.05, 4.69) is 13.8 Å². The number of esters is 1. The number of allylic oxidation sites excluding steroid dienone is 2. The van der Waals surface area contributed by atoms with Crippen molar-refractivity contribution in [2.45, 2.75) is 26.2 Å². The molecule has 0 fully saturated rings. The van der Waals surface area contributed by atoms with Crippen LogP contribution in [0.1, 0.15) is 43.0 Å². The van der Waals surface area contributed by atoms with E-state index in [1.54, 1.807) is 13.2 Å². The van der Waals surface area contributed by atoms with Gasteiger partial charge in [-0.15, -0.1) is 0 Å². The summed E-state index contributed by atoms with van der Waals surface area (Å²) in [5.74, 6) is 0.574. The van der Waals surface area contributed by atoms with Crippen LogP contribution in [-0.2, 0) is 14.9 Å². The van der Waals surface area contributed by atoms with Crippen molar-refractivity contribution in [1.82, 2.24) is 0 Å². The number of methoxy groups -OCH3 is 1. The molecule has 2 aliphatic carbocycles. The third kappa shape index (κ3) is 2.29. The number of carbonyl (C=O) groups excluding carboxylic acids is 1. The van der Waals surface area contributed by atoms with Gasteiger partial charge in [-0.3, -0.25) is 4.79 Å². The quantitative estimate of drug-likeness (QED) is 0.719. The highest BCUT2D eigenvalue weighted by molar-refractivity contribution is 6.08. The van der Waals surface area contributed by atoms with Crippen LogP contribution in [-0.4, -0.2) is 13.1 Å². The van der Waals surface area contributed by atoms with Crippen molar-refractivity contribution in [1.29, 1.82) is 0 Å². The van der Waals surface area contributed by atoms with Crippen LogP contribution in [0.2, 0.25) is 0 Å². The molecule has 4 rings (SSSR count). The van der Waals surface area contributed by atoms with Crippen molar-refractivity contribution >= 4 is 23.4 Å². The van der Waals surface area contributed by atoms with Gasteiger partial charge in [0.05, 0.1) is 7.11 Å². The summed E-state index contributed by atoms with van der Waals surface area (Å²) in [5.41, 5.74) is 4.99. The van der Waals surface area contributed by atoms with Gasteiger partial charge in [-0.25, -0.2) is 4.39 Å². The minimum atomic E-state index is -0.436. The fourth-order valence-electron chi connectivity index (χ4n) is 3.97. The topological polar surface area (TPSA) is 35.5 Å². The van der Waals surface area contributed by atoms with Gasteiger partial charge in [0.15, 0.2) is 0 Å². The Balaban J connectivity index is 2.05.